The predicted molar refractivity (Wildman–Crippen MR) is 117 cm³/mol. The monoisotopic (exact) mass is 396 g/mol. The number of hydrogen-bond donors (Lipinski definition) is 3. The zero-order valence-corrected chi connectivity index (χ0v) is 16.3. The van der Waals surface area contributed by atoms with Gasteiger partial charge in [0.05, 0.1) is 11.4 Å². The second-order valence-electron chi connectivity index (χ2n) is 6.82. The summed E-state index contributed by atoms with van der Waals surface area (Å²) < 4.78 is 1.56. The first kappa shape index (κ1) is 19.1. The van der Waals surface area contributed by atoms with Crippen molar-refractivity contribution >= 4 is 17.4 Å². The first-order valence-electron chi connectivity index (χ1n) is 9.34. The molecule has 7 heteroatoms. The molecule has 0 aliphatic rings. The van der Waals surface area contributed by atoms with E-state index in [2.05, 4.69) is 15.4 Å². The third-order valence-electron chi connectivity index (χ3n) is 4.60. The Morgan fingerprint density at radius 2 is 1.83 bits per heavy atom. The fourth-order valence-corrected chi connectivity index (χ4v) is 3.14. The zero-order chi connectivity index (χ0) is 21.1. The van der Waals surface area contributed by atoms with Crippen molar-refractivity contribution in [1.29, 1.82) is 5.41 Å². The van der Waals surface area contributed by atoms with Crippen LogP contribution in [0.2, 0.25) is 0 Å². The summed E-state index contributed by atoms with van der Waals surface area (Å²) in [5.41, 5.74) is 10.6. The van der Waals surface area contributed by atoms with Crippen molar-refractivity contribution in [3.63, 3.8) is 0 Å². The van der Waals surface area contributed by atoms with Crippen LogP contribution in [0.3, 0.4) is 0 Å². The Labute approximate surface area is 173 Å². The van der Waals surface area contributed by atoms with Gasteiger partial charge < -0.3 is 11.1 Å². The SMILES string of the molecule is Cc1cc(C(=O)Nc2ccc(-c3cccnc3)cc2)n(-c2cccc(C(=N)N)c2)n1. The van der Waals surface area contributed by atoms with Crippen LogP contribution in [0.25, 0.3) is 16.8 Å². The largest absolute Gasteiger partial charge is 0.384 e. The number of aromatic nitrogens is 3. The van der Waals surface area contributed by atoms with Crippen LogP contribution in [0, 0.1) is 12.3 Å². The van der Waals surface area contributed by atoms with Crippen molar-refractivity contribution in [2.75, 3.05) is 5.32 Å². The Kier molecular flexibility index (Phi) is 5.09. The summed E-state index contributed by atoms with van der Waals surface area (Å²) in [4.78, 5) is 17.1. The van der Waals surface area contributed by atoms with Gasteiger partial charge >= 0.3 is 0 Å². The number of nitrogens with two attached hydrogens (primary N) is 1. The summed E-state index contributed by atoms with van der Waals surface area (Å²) in [6.07, 6.45) is 3.53. The minimum atomic E-state index is -0.280. The van der Waals surface area contributed by atoms with Gasteiger partial charge in [-0.3, -0.25) is 15.2 Å². The molecular formula is C23H20N6O. The first-order valence-corrected chi connectivity index (χ1v) is 9.34. The molecule has 0 aliphatic carbocycles. The second kappa shape index (κ2) is 8.00. The third kappa shape index (κ3) is 3.95. The number of amidine groups is 1. The molecule has 0 radical (unpaired) electrons. The van der Waals surface area contributed by atoms with Gasteiger partial charge in [-0.15, -0.1) is 0 Å². The number of amides is 1. The highest BCUT2D eigenvalue weighted by Gasteiger charge is 2.16. The molecule has 0 fully saturated rings. The molecule has 148 valence electrons. The summed E-state index contributed by atoms with van der Waals surface area (Å²) in [5, 5.41) is 15.0. The molecule has 4 rings (SSSR count). The van der Waals surface area contributed by atoms with Crippen molar-refractivity contribution in [3.05, 3.63) is 96.1 Å². The van der Waals surface area contributed by atoms with E-state index >= 15 is 0 Å². The number of nitrogen functional groups attached to an aromatic ring is 1. The highest BCUT2D eigenvalue weighted by atomic mass is 16.2. The number of nitrogens with zero attached hydrogens (tertiary/aromatic N) is 3. The van der Waals surface area contributed by atoms with E-state index in [0.717, 1.165) is 11.1 Å². The minimum absolute atomic E-state index is 0.0413. The Balaban J connectivity index is 1.59. The smallest absolute Gasteiger partial charge is 0.274 e. The second-order valence-corrected chi connectivity index (χ2v) is 6.82. The third-order valence-corrected chi connectivity index (χ3v) is 4.60. The van der Waals surface area contributed by atoms with Crippen LogP contribution >= 0.6 is 0 Å². The lowest BCUT2D eigenvalue weighted by Crippen LogP contribution is -2.17. The minimum Gasteiger partial charge on any atom is -0.384 e. The number of rotatable bonds is 5. The van der Waals surface area contributed by atoms with Crippen molar-refractivity contribution < 1.29 is 4.79 Å². The zero-order valence-electron chi connectivity index (χ0n) is 16.3. The maximum Gasteiger partial charge on any atom is 0.274 e. The van der Waals surface area contributed by atoms with E-state index in [0.29, 0.717) is 28.3 Å². The molecule has 0 spiro atoms. The normalized spacial score (nSPS) is 10.6. The first-order chi connectivity index (χ1) is 14.5. The van der Waals surface area contributed by atoms with Crippen LogP contribution in [-0.2, 0) is 0 Å². The van der Waals surface area contributed by atoms with Crippen LogP contribution in [-0.4, -0.2) is 26.5 Å². The fraction of sp³-hybridized carbons (Fsp3) is 0.0435. The number of pyridine rings is 1. The van der Waals surface area contributed by atoms with Crippen molar-refractivity contribution in [2.24, 2.45) is 5.73 Å². The molecule has 0 aliphatic heterocycles. The summed E-state index contributed by atoms with van der Waals surface area (Å²) in [7, 11) is 0. The Morgan fingerprint density at radius 1 is 1.03 bits per heavy atom. The number of anilines is 1. The lowest BCUT2D eigenvalue weighted by molar-refractivity contribution is 0.101. The average Bonchev–Trinajstić information content (AvgIpc) is 3.17. The summed E-state index contributed by atoms with van der Waals surface area (Å²) in [6.45, 7) is 1.82. The van der Waals surface area contributed by atoms with E-state index in [9.17, 15) is 4.79 Å². The lowest BCUT2D eigenvalue weighted by Gasteiger charge is -2.10. The van der Waals surface area contributed by atoms with E-state index in [1.54, 1.807) is 41.3 Å². The van der Waals surface area contributed by atoms with E-state index in [1.807, 2.05) is 49.4 Å². The number of carbonyl (C=O) groups is 1. The summed E-state index contributed by atoms with van der Waals surface area (Å²) in [6, 6.07) is 20.2. The molecule has 0 bridgehead atoms. The fourth-order valence-electron chi connectivity index (χ4n) is 3.14. The quantitative estimate of drug-likeness (QED) is 0.352. The maximum atomic E-state index is 12.9. The van der Waals surface area contributed by atoms with Gasteiger partial charge in [-0.25, -0.2) is 4.68 Å². The van der Waals surface area contributed by atoms with Gasteiger partial charge in [0.15, 0.2) is 0 Å². The predicted octanol–water partition coefficient (Wildman–Crippen LogP) is 3.78. The van der Waals surface area contributed by atoms with Crippen LogP contribution in [0.1, 0.15) is 21.7 Å². The molecule has 2 aromatic carbocycles. The number of benzene rings is 2. The van der Waals surface area contributed by atoms with Gasteiger partial charge in [0, 0.05) is 23.6 Å². The summed E-state index contributed by atoms with van der Waals surface area (Å²) >= 11 is 0. The Bertz CT molecular complexity index is 1210. The van der Waals surface area contributed by atoms with Crippen LogP contribution in [0.15, 0.2) is 79.1 Å². The molecule has 0 saturated carbocycles. The molecule has 2 aromatic heterocycles. The number of carbonyl (C=O) groups excluding carboxylic acids is 1. The van der Waals surface area contributed by atoms with Crippen molar-refractivity contribution in [1.82, 2.24) is 14.8 Å². The number of nitrogens with one attached hydrogen (secondary N) is 2. The molecule has 4 aromatic rings. The molecule has 0 saturated heterocycles. The Hall–Kier alpha value is -4.26. The van der Waals surface area contributed by atoms with Gasteiger partial charge in [0.2, 0.25) is 0 Å². The molecule has 2 heterocycles. The highest BCUT2D eigenvalue weighted by Crippen LogP contribution is 2.21. The molecule has 0 atom stereocenters. The number of aryl methyl sites for hydroxylation is 1. The molecule has 0 unspecified atom stereocenters. The molecule has 4 N–H and O–H groups in total. The molecule has 7 nitrogen and oxygen atoms in total. The topological polar surface area (TPSA) is 110 Å². The van der Waals surface area contributed by atoms with E-state index in [4.69, 9.17) is 11.1 Å². The van der Waals surface area contributed by atoms with Crippen molar-refractivity contribution in [3.8, 4) is 16.8 Å². The average molecular weight is 396 g/mol. The van der Waals surface area contributed by atoms with E-state index < -0.39 is 0 Å². The summed E-state index contributed by atoms with van der Waals surface area (Å²) in [5.74, 6) is -0.321. The van der Waals surface area contributed by atoms with E-state index in [-0.39, 0.29) is 11.7 Å². The van der Waals surface area contributed by atoms with Crippen molar-refractivity contribution in [2.45, 2.75) is 6.92 Å². The molecule has 1 amide bonds. The van der Waals surface area contributed by atoms with Gasteiger partial charge in [-0.2, -0.15) is 5.10 Å². The molecule has 30 heavy (non-hydrogen) atoms. The van der Waals surface area contributed by atoms with Crippen LogP contribution < -0.4 is 11.1 Å². The van der Waals surface area contributed by atoms with Crippen LogP contribution in [0.5, 0.6) is 0 Å². The Morgan fingerprint density at radius 3 is 2.53 bits per heavy atom. The molecular weight excluding hydrogens is 376 g/mol. The standard InChI is InChI=1S/C23H20N6O/c1-15-12-21(29(28-15)20-6-2-4-17(13-20)22(24)25)23(30)27-19-9-7-16(8-10-19)18-5-3-11-26-14-18/h2-14H,1H3,(H3,24,25)(H,27,30). The van der Waals surface area contributed by atoms with Gasteiger partial charge in [0.1, 0.15) is 11.5 Å². The van der Waals surface area contributed by atoms with Gasteiger partial charge in [-0.1, -0.05) is 30.3 Å². The van der Waals surface area contributed by atoms with Crippen LogP contribution in [0.4, 0.5) is 5.69 Å². The highest BCUT2D eigenvalue weighted by molar-refractivity contribution is 6.03. The lowest BCUT2D eigenvalue weighted by atomic mass is 10.1. The van der Waals surface area contributed by atoms with Gasteiger partial charge in [-0.05, 0) is 54.4 Å². The number of hydrogen-bond acceptors (Lipinski definition) is 4. The maximum absolute atomic E-state index is 12.9. The van der Waals surface area contributed by atoms with Gasteiger partial charge in [0.25, 0.3) is 5.91 Å². The van der Waals surface area contributed by atoms with E-state index in [1.165, 1.54) is 0 Å².